The molecule has 1 fully saturated rings. The Labute approximate surface area is 271 Å². The molecule has 1 aliphatic heterocycles. The highest BCUT2D eigenvalue weighted by molar-refractivity contribution is 6.00. The lowest BCUT2D eigenvalue weighted by atomic mass is 9.90. The lowest BCUT2D eigenvalue weighted by molar-refractivity contribution is -0.137. The molecule has 1 aromatic heterocycles. The third-order valence-corrected chi connectivity index (χ3v) is 7.83. The fourth-order valence-corrected chi connectivity index (χ4v) is 5.44. The van der Waals surface area contributed by atoms with Crippen molar-refractivity contribution in [1.82, 2.24) is 20.2 Å². The van der Waals surface area contributed by atoms with E-state index in [-0.39, 0.29) is 29.0 Å². The number of hydrogen-bond acceptors (Lipinski definition) is 7. The summed E-state index contributed by atoms with van der Waals surface area (Å²) in [4.78, 5) is 34.4. The molecule has 244 valence electrons. The van der Waals surface area contributed by atoms with Gasteiger partial charge in [0.25, 0.3) is 5.91 Å². The first-order valence-corrected chi connectivity index (χ1v) is 15.3. The number of halogens is 3. The molecule has 1 unspecified atom stereocenters. The van der Waals surface area contributed by atoms with Crippen LogP contribution in [0.25, 0.3) is 0 Å². The summed E-state index contributed by atoms with van der Waals surface area (Å²) in [6.45, 7) is 7.69. The Morgan fingerprint density at radius 2 is 1.81 bits per heavy atom. The van der Waals surface area contributed by atoms with Crippen molar-refractivity contribution in [3.05, 3.63) is 114 Å². The molecule has 2 amide bonds. The molecule has 0 saturated carbocycles. The minimum atomic E-state index is -4.73. The Balaban J connectivity index is 1.25. The number of carbonyl (C=O) groups is 2. The van der Waals surface area contributed by atoms with Crippen molar-refractivity contribution in [3.8, 4) is 0 Å². The molecular formula is C35H36F3N7O2. The van der Waals surface area contributed by atoms with Gasteiger partial charge in [-0.3, -0.25) is 9.59 Å². The van der Waals surface area contributed by atoms with Crippen LogP contribution in [0.5, 0.6) is 0 Å². The fraction of sp³-hybridized carbons (Fsp3) is 0.257. The zero-order chi connectivity index (χ0) is 33.4. The summed E-state index contributed by atoms with van der Waals surface area (Å²) in [5.74, 6) is -0.727. The van der Waals surface area contributed by atoms with Crippen molar-refractivity contribution in [2.75, 3.05) is 35.6 Å². The van der Waals surface area contributed by atoms with Crippen LogP contribution in [0.2, 0.25) is 0 Å². The summed E-state index contributed by atoms with van der Waals surface area (Å²) in [6.07, 6.45) is -0.687. The number of hydrogen-bond donors (Lipinski definition) is 4. The zero-order valence-electron chi connectivity index (χ0n) is 25.9. The van der Waals surface area contributed by atoms with Crippen molar-refractivity contribution in [3.63, 3.8) is 0 Å². The molecule has 4 N–H and O–H groups in total. The summed E-state index contributed by atoms with van der Waals surface area (Å²) >= 11 is 0. The molecule has 12 heteroatoms. The maximum Gasteiger partial charge on any atom is 0.421 e. The number of nitrogens with one attached hydrogen (secondary N) is 4. The Hall–Kier alpha value is -5.39. The highest BCUT2D eigenvalue weighted by atomic mass is 19.4. The lowest BCUT2D eigenvalue weighted by Gasteiger charge is -2.32. The predicted octanol–water partition coefficient (Wildman–Crippen LogP) is 7.24. The van der Waals surface area contributed by atoms with Gasteiger partial charge in [-0.25, -0.2) is 4.98 Å². The molecule has 0 radical (unpaired) electrons. The molecule has 1 aliphatic rings. The molecule has 5 rings (SSSR count). The van der Waals surface area contributed by atoms with Crippen LogP contribution in [0, 0.1) is 0 Å². The Morgan fingerprint density at radius 3 is 2.55 bits per heavy atom. The third-order valence-electron chi connectivity index (χ3n) is 7.83. The maximum absolute atomic E-state index is 13.9. The largest absolute Gasteiger partial charge is 0.421 e. The molecular weight excluding hydrogens is 607 g/mol. The van der Waals surface area contributed by atoms with E-state index in [9.17, 15) is 22.8 Å². The highest BCUT2D eigenvalue weighted by Gasteiger charge is 2.35. The van der Waals surface area contributed by atoms with Gasteiger partial charge in [-0.05, 0) is 73.4 Å². The summed E-state index contributed by atoms with van der Waals surface area (Å²) in [6, 6.07) is 21.9. The monoisotopic (exact) mass is 643 g/mol. The van der Waals surface area contributed by atoms with E-state index in [0.717, 1.165) is 30.6 Å². The quantitative estimate of drug-likeness (QED) is 0.128. The molecule has 1 saturated heterocycles. The number of carbonyl (C=O) groups excluding carboxylic acids is 2. The Bertz CT molecular complexity index is 1730. The van der Waals surface area contributed by atoms with Gasteiger partial charge in [-0.2, -0.15) is 18.2 Å². The molecule has 47 heavy (non-hydrogen) atoms. The van der Waals surface area contributed by atoms with Gasteiger partial charge in [0.2, 0.25) is 11.9 Å². The minimum absolute atomic E-state index is 0.0389. The van der Waals surface area contributed by atoms with Crippen LogP contribution >= 0.6 is 0 Å². The first-order valence-electron chi connectivity index (χ1n) is 15.3. The number of benzene rings is 3. The van der Waals surface area contributed by atoms with E-state index in [0.29, 0.717) is 31.5 Å². The van der Waals surface area contributed by atoms with Crippen LogP contribution in [0.3, 0.4) is 0 Å². The topological polar surface area (TPSA) is 111 Å². The predicted molar refractivity (Wildman–Crippen MR) is 177 cm³/mol. The van der Waals surface area contributed by atoms with E-state index in [4.69, 9.17) is 0 Å². The van der Waals surface area contributed by atoms with Gasteiger partial charge in [0.1, 0.15) is 11.4 Å². The van der Waals surface area contributed by atoms with E-state index >= 15 is 0 Å². The van der Waals surface area contributed by atoms with Crippen LogP contribution in [0.4, 0.5) is 42.0 Å². The molecule has 0 aliphatic carbocycles. The van der Waals surface area contributed by atoms with Crippen LogP contribution in [0.15, 0.2) is 91.6 Å². The van der Waals surface area contributed by atoms with Gasteiger partial charge < -0.3 is 26.2 Å². The smallest absolute Gasteiger partial charge is 0.381 e. The SMILES string of the molecule is C=CC(=O)N1CCCC(c2cccc(NCc3ccc(Nc4ncc(C(F)(F)F)c(Nc5ccccc5C(=O)NCC)n4)cc3)c2)C1. The molecule has 0 bridgehead atoms. The van der Waals surface area contributed by atoms with E-state index in [2.05, 4.69) is 49.9 Å². The Kier molecular flexibility index (Phi) is 10.4. The second-order valence-electron chi connectivity index (χ2n) is 11.1. The van der Waals surface area contributed by atoms with Crippen LogP contribution in [-0.4, -0.2) is 46.3 Å². The fourth-order valence-electron chi connectivity index (χ4n) is 5.44. The number of anilines is 5. The van der Waals surface area contributed by atoms with Gasteiger partial charge >= 0.3 is 6.18 Å². The number of para-hydroxylation sites is 1. The van der Waals surface area contributed by atoms with E-state index in [1.54, 1.807) is 31.2 Å². The van der Waals surface area contributed by atoms with Crippen LogP contribution in [-0.2, 0) is 17.5 Å². The first-order chi connectivity index (χ1) is 22.6. The summed E-state index contributed by atoms with van der Waals surface area (Å²) < 4.78 is 41.6. The molecule has 3 aromatic carbocycles. The zero-order valence-corrected chi connectivity index (χ0v) is 25.9. The van der Waals surface area contributed by atoms with E-state index in [1.807, 2.05) is 29.2 Å². The van der Waals surface area contributed by atoms with Gasteiger partial charge in [0.15, 0.2) is 0 Å². The number of amides is 2. The van der Waals surface area contributed by atoms with Crippen molar-refractivity contribution < 1.29 is 22.8 Å². The van der Waals surface area contributed by atoms with Gasteiger partial charge in [0.05, 0.1) is 11.3 Å². The summed E-state index contributed by atoms with van der Waals surface area (Å²) in [5.41, 5.74) is 3.01. The van der Waals surface area contributed by atoms with Gasteiger partial charge in [0, 0.05) is 49.7 Å². The first kappa shape index (κ1) is 33.0. The van der Waals surface area contributed by atoms with E-state index < -0.39 is 23.5 Å². The van der Waals surface area contributed by atoms with Crippen molar-refractivity contribution in [1.29, 1.82) is 0 Å². The average molecular weight is 644 g/mol. The van der Waals surface area contributed by atoms with Crippen LogP contribution < -0.4 is 21.3 Å². The third kappa shape index (κ3) is 8.46. The molecule has 4 aromatic rings. The normalized spacial score (nSPS) is 14.6. The molecule has 9 nitrogen and oxygen atoms in total. The number of rotatable bonds is 11. The standard InChI is InChI=1S/C35H36F3N7O2/c1-3-31(46)45-18-8-10-25(22-45)24-9-7-11-27(19-24)40-20-23-14-16-26(17-15-23)42-34-41-21-29(35(36,37)38)32(44-34)43-30-13-6-5-12-28(30)33(47)39-4-2/h3,5-7,9,11-17,19,21,25,40H,1,4,8,10,18,20,22H2,2H3,(H,39,47)(H2,41,42,43,44). The second-order valence-corrected chi connectivity index (χ2v) is 11.1. The highest BCUT2D eigenvalue weighted by Crippen LogP contribution is 2.36. The lowest BCUT2D eigenvalue weighted by Crippen LogP contribution is -2.38. The second kappa shape index (κ2) is 14.8. The van der Waals surface area contributed by atoms with Gasteiger partial charge in [-0.1, -0.05) is 43.0 Å². The van der Waals surface area contributed by atoms with Crippen LogP contribution in [0.1, 0.15) is 52.7 Å². The maximum atomic E-state index is 13.9. The van der Waals surface area contributed by atoms with Crippen molar-refractivity contribution >= 4 is 40.6 Å². The molecule has 1 atom stereocenters. The number of aromatic nitrogens is 2. The number of likely N-dealkylation sites (tertiary alicyclic amines) is 1. The van der Waals surface area contributed by atoms with Crippen molar-refractivity contribution in [2.24, 2.45) is 0 Å². The van der Waals surface area contributed by atoms with E-state index in [1.165, 1.54) is 23.8 Å². The number of nitrogens with zero attached hydrogens (tertiary/aromatic N) is 3. The molecule has 0 spiro atoms. The number of alkyl halides is 3. The Morgan fingerprint density at radius 1 is 1.02 bits per heavy atom. The van der Waals surface area contributed by atoms with Crippen molar-refractivity contribution in [2.45, 2.75) is 38.4 Å². The molecule has 2 heterocycles. The summed E-state index contributed by atoms with van der Waals surface area (Å²) in [5, 5.41) is 11.7. The average Bonchev–Trinajstić information content (AvgIpc) is 3.08. The van der Waals surface area contributed by atoms with Gasteiger partial charge in [-0.15, -0.1) is 0 Å². The summed E-state index contributed by atoms with van der Waals surface area (Å²) in [7, 11) is 0. The minimum Gasteiger partial charge on any atom is -0.381 e. The number of piperidine rings is 1.